The maximum absolute atomic E-state index is 11.4. The van der Waals surface area contributed by atoms with Crippen molar-refractivity contribution >= 4 is 5.97 Å². The van der Waals surface area contributed by atoms with Crippen molar-refractivity contribution in [1.29, 1.82) is 0 Å². The van der Waals surface area contributed by atoms with Gasteiger partial charge >= 0.3 is 5.97 Å². The molecule has 2 atom stereocenters. The number of hydrogen-bond acceptors (Lipinski definition) is 5. The van der Waals surface area contributed by atoms with E-state index in [1.807, 2.05) is 19.1 Å². The summed E-state index contributed by atoms with van der Waals surface area (Å²) in [6.45, 7) is 1.95. The number of ether oxygens (including phenoxy) is 4. The highest BCUT2D eigenvalue weighted by Gasteiger charge is 2.31. The van der Waals surface area contributed by atoms with Gasteiger partial charge in [-0.15, -0.1) is 0 Å². The fourth-order valence-electron chi connectivity index (χ4n) is 2.67. The van der Waals surface area contributed by atoms with Gasteiger partial charge in [-0.05, 0) is 19.1 Å². The third-order valence-electron chi connectivity index (χ3n) is 3.57. The zero-order chi connectivity index (χ0) is 14.7. The van der Waals surface area contributed by atoms with Crippen LogP contribution in [-0.2, 0) is 20.7 Å². The van der Waals surface area contributed by atoms with Crippen molar-refractivity contribution in [1.82, 2.24) is 0 Å². The average Bonchev–Trinajstić information content (AvgIpc) is 2.45. The summed E-state index contributed by atoms with van der Waals surface area (Å²) < 4.78 is 21.4. The first-order chi connectivity index (χ1) is 9.60. The zero-order valence-electron chi connectivity index (χ0n) is 12.3. The highest BCUT2D eigenvalue weighted by atomic mass is 16.5. The molecule has 0 aromatic heterocycles. The second kappa shape index (κ2) is 6.13. The van der Waals surface area contributed by atoms with Gasteiger partial charge in [-0.1, -0.05) is 0 Å². The van der Waals surface area contributed by atoms with Crippen LogP contribution in [0.3, 0.4) is 0 Å². The molecule has 1 aromatic carbocycles. The van der Waals surface area contributed by atoms with E-state index in [4.69, 9.17) is 18.9 Å². The molecule has 0 saturated carbocycles. The number of esters is 1. The Morgan fingerprint density at radius 1 is 1.25 bits per heavy atom. The van der Waals surface area contributed by atoms with E-state index < -0.39 is 0 Å². The molecule has 2 rings (SSSR count). The van der Waals surface area contributed by atoms with Crippen molar-refractivity contribution in [3.63, 3.8) is 0 Å². The monoisotopic (exact) mass is 280 g/mol. The largest absolute Gasteiger partial charge is 0.496 e. The molecule has 1 aliphatic rings. The summed E-state index contributed by atoms with van der Waals surface area (Å²) in [6.07, 6.45) is 0.486. The third kappa shape index (κ3) is 2.72. The fourth-order valence-corrected chi connectivity index (χ4v) is 2.67. The van der Waals surface area contributed by atoms with E-state index >= 15 is 0 Å². The Bertz CT molecular complexity index is 497. The summed E-state index contributed by atoms with van der Waals surface area (Å²) in [5, 5.41) is 0. The predicted octanol–water partition coefficient (Wildman–Crippen LogP) is 2.27. The normalized spacial score (nSPS) is 21.0. The Morgan fingerprint density at radius 2 is 1.90 bits per heavy atom. The van der Waals surface area contributed by atoms with Crippen LogP contribution in [-0.4, -0.2) is 33.4 Å². The topological polar surface area (TPSA) is 54.0 Å². The van der Waals surface area contributed by atoms with E-state index in [2.05, 4.69) is 0 Å². The fraction of sp³-hybridized carbons (Fsp3) is 0.533. The van der Waals surface area contributed by atoms with Gasteiger partial charge in [0.2, 0.25) is 0 Å². The van der Waals surface area contributed by atoms with Crippen LogP contribution in [0.25, 0.3) is 0 Å². The molecule has 20 heavy (non-hydrogen) atoms. The SMILES string of the molecule is COC(=O)C[C@H]1Cc2c(OC)ccc(OC)c2[C@H](C)O1. The van der Waals surface area contributed by atoms with Crippen molar-refractivity contribution in [2.75, 3.05) is 21.3 Å². The van der Waals surface area contributed by atoms with E-state index in [9.17, 15) is 4.79 Å². The van der Waals surface area contributed by atoms with Gasteiger partial charge in [0.25, 0.3) is 0 Å². The first kappa shape index (κ1) is 14.7. The quantitative estimate of drug-likeness (QED) is 0.792. The molecule has 1 aliphatic heterocycles. The van der Waals surface area contributed by atoms with Crippen LogP contribution in [0.2, 0.25) is 0 Å². The third-order valence-corrected chi connectivity index (χ3v) is 3.57. The summed E-state index contributed by atoms with van der Waals surface area (Å²) in [6, 6.07) is 3.75. The Labute approximate surface area is 118 Å². The minimum absolute atomic E-state index is 0.154. The average molecular weight is 280 g/mol. The van der Waals surface area contributed by atoms with Gasteiger partial charge in [0.1, 0.15) is 11.5 Å². The van der Waals surface area contributed by atoms with Gasteiger partial charge in [0, 0.05) is 17.5 Å². The van der Waals surface area contributed by atoms with Crippen molar-refractivity contribution < 1.29 is 23.7 Å². The van der Waals surface area contributed by atoms with Gasteiger partial charge in [-0.2, -0.15) is 0 Å². The van der Waals surface area contributed by atoms with Crippen LogP contribution < -0.4 is 9.47 Å². The number of rotatable bonds is 4. The minimum Gasteiger partial charge on any atom is -0.496 e. The zero-order valence-corrected chi connectivity index (χ0v) is 12.3. The number of benzene rings is 1. The first-order valence-corrected chi connectivity index (χ1v) is 6.56. The molecular formula is C15H20O5. The van der Waals surface area contributed by atoms with Gasteiger partial charge in [-0.3, -0.25) is 4.79 Å². The summed E-state index contributed by atoms with van der Waals surface area (Å²) >= 11 is 0. The van der Waals surface area contributed by atoms with Crippen LogP contribution in [0.5, 0.6) is 11.5 Å². The van der Waals surface area contributed by atoms with Gasteiger partial charge in [0.05, 0.1) is 40.0 Å². The molecule has 0 radical (unpaired) electrons. The Balaban J connectivity index is 2.35. The Hall–Kier alpha value is -1.75. The maximum atomic E-state index is 11.4. The maximum Gasteiger partial charge on any atom is 0.308 e. The van der Waals surface area contributed by atoms with Crippen LogP contribution in [0.15, 0.2) is 12.1 Å². The number of methoxy groups -OCH3 is 3. The number of hydrogen-bond donors (Lipinski definition) is 0. The number of carbonyl (C=O) groups is 1. The molecular weight excluding hydrogens is 260 g/mol. The van der Waals surface area contributed by atoms with Gasteiger partial charge in [0.15, 0.2) is 0 Å². The first-order valence-electron chi connectivity index (χ1n) is 6.56. The van der Waals surface area contributed by atoms with Crippen molar-refractivity contribution in [2.45, 2.75) is 32.0 Å². The summed E-state index contributed by atoms with van der Waals surface area (Å²) in [5.41, 5.74) is 2.03. The lowest BCUT2D eigenvalue weighted by Gasteiger charge is -2.32. The molecule has 1 aromatic rings. The van der Waals surface area contributed by atoms with Crippen molar-refractivity contribution in [3.8, 4) is 11.5 Å². The van der Waals surface area contributed by atoms with Crippen molar-refractivity contribution in [3.05, 3.63) is 23.3 Å². The summed E-state index contributed by atoms with van der Waals surface area (Å²) in [4.78, 5) is 11.4. The van der Waals surface area contributed by atoms with Gasteiger partial charge < -0.3 is 18.9 Å². The Morgan fingerprint density at radius 3 is 2.50 bits per heavy atom. The second-order valence-corrected chi connectivity index (χ2v) is 4.75. The van der Waals surface area contributed by atoms with E-state index in [1.54, 1.807) is 14.2 Å². The Kier molecular flexibility index (Phi) is 4.49. The lowest BCUT2D eigenvalue weighted by atomic mass is 9.92. The van der Waals surface area contributed by atoms with Crippen LogP contribution in [0.4, 0.5) is 0 Å². The molecule has 1 heterocycles. The molecule has 0 saturated heterocycles. The lowest BCUT2D eigenvalue weighted by Crippen LogP contribution is -2.28. The second-order valence-electron chi connectivity index (χ2n) is 4.75. The molecule has 0 amide bonds. The standard InChI is InChI=1S/C15H20O5/c1-9-15-11(7-10(20-9)8-14(16)19-4)12(17-2)5-6-13(15)18-3/h5-6,9-10H,7-8H2,1-4H3/t9-,10+/m0/s1. The molecule has 0 N–H and O–H groups in total. The molecule has 5 heteroatoms. The molecule has 5 nitrogen and oxygen atoms in total. The van der Waals surface area contributed by atoms with Crippen LogP contribution >= 0.6 is 0 Å². The minimum atomic E-state index is -0.271. The van der Waals surface area contributed by atoms with Gasteiger partial charge in [-0.25, -0.2) is 0 Å². The van der Waals surface area contributed by atoms with E-state index in [1.165, 1.54) is 7.11 Å². The molecule has 110 valence electrons. The molecule has 0 bridgehead atoms. The smallest absolute Gasteiger partial charge is 0.308 e. The summed E-state index contributed by atoms with van der Waals surface area (Å²) in [5.74, 6) is 1.31. The van der Waals surface area contributed by atoms with E-state index in [0.717, 1.165) is 22.6 Å². The highest BCUT2D eigenvalue weighted by molar-refractivity contribution is 5.70. The predicted molar refractivity (Wildman–Crippen MR) is 73.2 cm³/mol. The van der Waals surface area contributed by atoms with E-state index in [0.29, 0.717) is 6.42 Å². The lowest BCUT2D eigenvalue weighted by molar-refractivity contribution is -0.145. The van der Waals surface area contributed by atoms with Crippen molar-refractivity contribution in [2.24, 2.45) is 0 Å². The molecule has 0 spiro atoms. The van der Waals surface area contributed by atoms with Crippen LogP contribution in [0, 0.1) is 0 Å². The number of carbonyl (C=O) groups excluding carboxylic acids is 1. The van der Waals surface area contributed by atoms with E-state index in [-0.39, 0.29) is 24.6 Å². The molecule has 0 unspecified atom stereocenters. The molecule has 0 aliphatic carbocycles. The highest BCUT2D eigenvalue weighted by Crippen LogP contribution is 2.41. The number of fused-ring (bicyclic) bond motifs is 1. The molecule has 0 fully saturated rings. The summed E-state index contributed by atoms with van der Waals surface area (Å²) in [7, 11) is 4.65. The van der Waals surface area contributed by atoms with Crippen LogP contribution in [0.1, 0.15) is 30.6 Å².